The summed E-state index contributed by atoms with van der Waals surface area (Å²) in [6.45, 7) is 3.99. The van der Waals surface area contributed by atoms with E-state index >= 15 is 0 Å². The number of benzene rings is 1. The van der Waals surface area contributed by atoms with Crippen molar-refractivity contribution in [1.82, 2.24) is 10.2 Å². The Hall–Kier alpha value is -2.14. The van der Waals surface area contributed by atoms with Gasteiger partial charge >= 0.3 is 0 Å². The maximum Gasteiger partial charge on any atom is 0.233 e. The summed E-state index contributed by atoms with van der Waals surface area (Å²) in [4.78, 5) is 12.3. The van der Waals surface area contributed by atoms with Crippen molar-refractivity contribution in [2.24, 2.45) is 5.73 Å². The molecule has 1 amide bonds. The first-order valence-electron chi connectivity index (χ1n) is 6.21. The third-order valence-corrected chi connectivity index (χ3v) is 3.13. The summed E-state index contributed by atoms with van der Waals surface area (Å²) < 4.78 is 0. The Labute approximate surface area is 112 Å². The Morgan fingerprint density at radius 2 is 2.05 bits per heavy atom. The second-order valence-electron chi connectivity index (χ2n) is 4.50. The zero-order valence-electron chi connectivity index (χ0n) is 11.1. The molecule has 0 saturated carbocycles. The quantitative estimate of drug-likeness (QED) is 0.780. The predicted molar refractivity (Wildman–Crippen MR) is 74.9 cm³/mol. The number of hydrogen-bond donors (Lipinski definition) is 3. The zero-order valence-corrected chi connectivity index (χ0v) is 11.1. The van der Waals surface area contributed by atoms with Crippen LogP contribution in [0.4, 0.5) is 5.69 Å². The maximum atomic E-state index is 12.3. The van der Waals surface area contributed by atoms with E-state index in [1.807, 2.05) is 44.2 Å². The minimum absolute atomic E-state index is 0.110. The molecule has 2 aromatic rings. The molecule has 0 spiro atoms. The summed E-state index contributed by atoms with van der Waals surface area (Å²) >= 11 is 0. The van der Waals surface area contributed by atoms with Gasteiger partial charge in [0, 0.05) is 6.54 Å². The van der Waals surface area contributed by atoms with Crippen LogP contribution in [0, 0.1) is 13.8 Å². The molecule has 1 aromatic carbocycles. The summed E-state index contributed by atoms with van der Waals surface area (Å²) in [6.07, 6.45) is 0. The predicted octanol–water partition coefficient (Wildman–Crippen LogP) is 1.71. The lowest BCUT2D eigenvalue weighted by Crippen LogP contribution is -2.27. The van der Waals surface area contributed by atoms with Crippen molar-refractivity contribution < 1.29 is 4.79 Å². The van der Waals surface area contributed by atoms with Gasteiger partial charge in [-0.15, -0.1) is 0 Å². The van der Waals surface area contributed by atoms with Gasteiger partial charge in [0.15, 0.2) is 0 Å². The zero-order chi connectivity index (χ0) is 13.8. The Kier molecular flexibility index (Phi) is 3.97. The fourth-order valence-corrected chi connectivity index (χ4v) is 2.03. The molecule has 0 fully saturated rings. The molecule has 5 heteroatoms. The normalized spacial score (nSPS) is 12.2. The van der Waals surface area contributed by atoms with E-state index in [1.54, 1.807) is 0 Å². The molecule has 1 aromatic heterocycles. The fraction of sp³-hybridized carbons (Fsp3) is 0.286. The van der Waals surface area contributed by atoms with Crippen molar-refractivity contribution in [3.05, 3.63) is 47.3 Å². The molecular weight excluding hydrogens is 240 g/mol. The molecule has 19 heavy (non-hydrogen) atoms. The number of nitrogens with two attached hydrogens (primary N) is 1. The maximum absolute atomic E-state index is 12.3. The van der Waals surface area contributed by atoms with E-state index < -0.39 is 0 Å². The van der Waals surface area contributed by atoms with Crippen molar-refractivity contribution in [2.75, 3.05) is 11.9 Å². The van der Waals surface area contributed by atoms with E-state index in [9.17, 15) is 4.79 Å². The molecule has 4 N–H and O–H groups in total. The smallest absolute Gasteiger partial charge is 0.233 e. The fourth-order valence-electron chi connectivity index (χ4n) is 2.03. The highest BCUT2D eigenvalue weighted by molar-refractivity contribution is 5.96. The van der Waals surface area contributed by atoms with Crippen LogP contribution in [-0.4, -0.2) is 22.6 Å². The first-order chi connectivity index (χ1) is 9.13. The number of amides is 1. The number of nitrogens with one attached hydrogen (secondary N) is 2. The van der Waals surface area contributed by atoms with Crippen molar-refractivity contribution >= 4 is 11.6 Å². The molecule has 0 aliphatic heterocycles. The molecule has 0 radical (unpaired) electrons. The number of aryl methyl sites for hydroxylation is 2. The van der Waals surface area contributed by atoms with E-state index in [0.717, 1.165) is 22.6 Å². The first-order valence-corrected chi connectivity index (χ1v) is 6.21. The van der Waals surface area contributed by atoms with Crippen LogP contribution in [0.2, 0.25) is 0 Å². The van der Waals surface area contributed by atoms with E-state index in [0.29, 0.717) is 0 Å². The Morgan fingerprint density at radius 1 is 1.37 bits per heavy atom. The van der Waals surface area contributed by atoms with Gasteiger partial charge < -0.3 is 11.1 Å². The highest BCUT2D eigenvalue weighted by Crippen LogP contribution is 2.20. The average molecular weight is 258 g/mol. The molecule has 0 aliphatic rings. The minimum atomic E-state index is -0.352. The van der Waals surface area contributed by atoms with Crippen LogP contribution in [0.1, 0.15) is 22.9 Å². The topological polar surface area (TPSA) is 83.8 Å². The van der Waals surface area contributed by atoms with E-state index in [-0.39, 0.29) is 18.4 Å². The van der Waals surface area contributed by atoms with Crippen molar-refractivity contribution in [3.8, 4) is 0 Å². The van der Waals surface area contributed by atoms with Crippen molar-refractivity contribution in [2.45, 2.75) is 19.8 Å². The number of hydrogen-bond acceptors (Lipinski definition) is 3. The van der Waals surface area contributed by atoms with Crippen LogP contribution < -0.4 is 11.1 Å². The standard InChI is InChI=1S/C14H18N4O/c1-9-13(10(2)18-17-9)16-14(19)12(8-15)11-6-4-3-5-7-11/h3-7,12H,8,15H2,1-2H3,(H,16,19)(H,17,18). The van der Waals surface area contributed by atoms with E-state index in [2.05, 4.69) is 15.5 Å². The molecule has 0 aliphatic carbocycles. The lowest BCUT2D eigenvalue weighted by atomic mass is 9.98. The number of carbonyl (C=O) groups is 1. The molecule has 100 valence electrons. The lowest BCUT2D eigenvalue weighted by Gasteiger charge is -2.15. The molecule has 1 atom stereocenters. The molecule has 2 rings (SSSR count). The summed E-state index contributed by atoms with van der Waals surface area (Å²) in [5.74, 6) is -0.462. The molecule has 5 nitrogen and oxygen atoms in total. The third kappa shape index (κ3) is 2.82. The van der Waals surface area contributed by atoms with Gasteiger partial charge in [-0.3, -0.25) is 9.89 Å². The van der Waals surface area contributed by atoms with Gasteiger partial charge in [-0.1, -0.05) is 30.3 Å². The number of H-pyrrole nitrogens is 1. The van der Waals surface area contributed by atoms with Crippen LogP contribution in [0.3, 0.4) is 0 Å². The van der Waals surface area contributed by atoms with Gasteiger partial charge in [0.2, 0.25) is 5.91 Å². The third-order valence-electron chi connectivity index (χ3n) is 3.13. The average Bonchev–Trinajstić information content (AvgIpc) is 2.73. The molecular formula is C14H18N4O. The molecule has 1 heterocycles. The molecule has 1 unspecified atom stereocenters. The lowest BCUT2D eigenvalue weighted by molar-refractivity contribution is -0.117. The van der Waals surface area contributed by atoms with Crippen LogP contribution in [-0.2, 0) is 4.79 Å². The van der Waals surface area contributed by atoms with Crippen molar-refractivity contribution in [3.63, 3.8) is 0 Å². The Balaban J connectivity index is 2.19. The van der Waals surface area contributed by atoms with Crippen LogP contribution in [0.25, 0.3) is 0 Å². The van der Waals surface area contributed by atoms with Gasteiger partial charge in [0.1, 0.15) is 0 Å². The number of carbonyl (C=O) groups excluding carboxylic acids is 1. The van der Waals surface area contributed by atoms with Gasteiger partial charge in [-0.25, -0.2) is 0 Å². The van der Waals surface area contributed by atoms with Crippen LogP contribution in [0.15, 0.2) is 30.3 Å². The van der Waals surface area contributed by atoms with Gasteiger partial charge in [0.25, 0.3) is 0 Å². The first kappa shape index (κ1) is 13.3. The molecule has 0 saturated heterocycles. The summed E-state index contributed by atoms with van der Waals surface area (Å²) in [5, 5.41) is 9.79. The number of aromatic amines is 1. The van der Waals surface area contributed by atoms with E-state index in [4.69, 9.17) is 5.73 Å². The van der Waals surface area contributed by atoms with Gasteiger partial charge in [0.05, 0.1) is 23.0 Å². The highest BCUT2D eigenvalue weighted by Gasteiger charge is 2.20. The van der Waals surface area contributed by atoms with Crippen LogP contribution >= 0.6 is 0 Å². The second kappa shape index (κ2) is 5.67. The Bertz CT molecular complexity index is 543. The largest absolute Gasteiger partial charge is 0.329 e. The summed E-state index contributed by atoms with van der Waals surface area (Å²) in [7, 11) is 0. The second-order valence-corrected chi connectivity index (χ2v) is 4.50. The number of nitrogens with zero attached hydrogens (tertiary/aromatic N) is 1. The molecule has 0 bridgehead atoms. The minimum Gasteiger partial charge on any atom is -0.329 e. The van der Waals surface area contributed by atoms with Gasteiger partial charge in [-0.05, 0) is 19.4 Å². The summed E-state index contributed by atoms with van der Waals surface area (Å²) in [5.41, 5.74) is 9.00. The SMILES string of the molecule is Cc1n[nH]c(C)c1NC(=O)C(CN)c1ccccc1. The number of aromatic nitrogens is 2. The van der Waals surface area contributed by atoms with Crippen LogP contribution in [0.5, 0.6) is 0 Å². The van der Waals surface area contributed by atoms with E-state index in [1.165, 1.54) is 0 Å². The highest BCUT2D eigenvalue weighted by atomic mass is 16.1. The Morgan fingerprint density at radius 3 is 2.58 bits per heavy atom. The number of rotatable bonds is 4. The van der Waals surface area contributed by atoms with Crippen molar-refractivity contribution in [1.29, 1.82) is 0 Å². The number of anilines is 1. The summed E-state index contributed by atoms with van der Waals surface area (Å²) in [6, 6.07) is 9.54. The monoisotopic (exact) mass is 258 g/mol. The van der Waals surface area contributed by atoms with Gasteiger partial charge in [-0.2, -0.15) is 5.10 Å².